The first-order valence-electron chi connectivity index (χ1n) is 5.09. The predicted octanol–water partition coefficient (Wildman–Crippen LogP) is 3.15. The Bertz CT molecular complexity index is 558. The smallest absolute Gasteiger partial charge is 0.272 e. The SMILES string of the molecule is O=C(NNc1ccc(Cl)cc1)c1cccnc1Cl. The number of nitrogens with one attached hydrogen (secondary N) is 2. The Hall–Kier alpha value is -1.78. The standard InChI is InChI=1S/C12H9Cl2N3O/c13-8-3-5-9(6-4-8)16-17-12(18)10-2-1-7-15-11(10)14/h1-7,16H,(H,17,18). The van der Waals surface area contributed by atoms with Crippen LogP contribution in [0.15, 0.2) is 42.6 Å². The summed E-state index contributed by atoms with van der Waals surface area (Å²) in [7, 11) is 0. The summed E-state index contributed by atoms with van der Waals surface area (Å²) in [6.45, 7) is 0. The van der Waals surface area contributed by atoms with Crippen LogP contribution in [0, 0.1) is 0 Å². The fourth-order valence-electron chi connectivity index (χ4n) is 1.28. The van der Waals surface area contributed by atoms with Gasteiger partial charge in [-0.2, -0.15) is 0 Å². The number of hydrogen-bond donors (Lipinski definition) is 2. The van der Waals surface area contributed by atoms with Gasteiger partial charge in [0, 0.05) is 11.2 Å². The van der Waals surface area contributed by atoms with Gasteiger partial charge >= 0.3 is 0 Å². The highest BCUT2D eigenvalue weighted by Crippen LogP contribution is 2.13. The Morgan fingerprint density at radius 3 is 2.50 bits per heavy atom. The van der Waals surface area contributed by atoms with Crippen LogP contribution in [0.5, 0.6) is 0 Å². The lowest BCUT2D eigenvalue weighted by Gasteiger charge is -2.08. The summed E-state index contributed by atoms with van der Waals surface area (Å²) in [4.78, 5) is 15.6. The van der Waals surface area contributed by atoms with Gasteiger partial charge in [-0.25, -0.2) is 4.98 Å². The third kappa shape index (κ3) is 3.12. The van der Waals surface area contributed by atoms with E-state index in [-0.39, 0.29) is 11.1 Å². The fourth-order valence-corrected chi connectivity index (χ4v) is 1.62. The maximum atomic E-state index is 11.8. The molecule has 1 heterocycles. The van der Waals surface area contributed by atoms with Gasteiger partial charge in [-0.1, -0.05) is 23.2 Å². The van der Waals surface area contributed by atoms with E-state index >= 15 is 0 Å². The van der Waals surface area contributed by atoms with E-state index in [1.165, 1.54) is 6.20 Å². The van der Waals surface area contributed by atoms with Gasteiger partial charge < -0.3 is 0 Å². The maximum absolute atomic E-state index is 11.8. The monoisotopic (exact) mass is 281 g/mol. The van der Waals surface area contributed by atoms with Crippen LogP contribution in [0.4, 0.5) is 5.69 Å². The molecule has 0 radical (unpaired) electrons. The molecule has 0 atom stereocenters. The molecule has 92 valence electrons. The van der Waals surface area contributed by atoms with Gasteiger partial charge in [-0.3, -0.25) is 15.6 Å². The number of anilines is 1. The largest absolute Gasteiger partial charge is 0.298 e. The van der Waals surface area contributed by atoms with Crippen molar-refractivity contribution in [3.05, 3.63) is 58.3 Å². The van der Waals surface area contributed by atoms with Gasteiger partial charge in [-0.15, -0.1) is 0 Å². The molecule has 2 aromatic rings. The van der Waals surface area contributed by atoms with Crippen molar-refractivity contribution >= 4 is 34.8 Å². The van der Waals surface area contributed by atoms with Gasteiger partial charge in [0.25, 0.3) is 5.91 Å². The minimum absolute atomic E-state index is 0.160. The fraction of sp³-hybridized carbons (Fsp3) is 0. The number of halogens is 2. The molecule has 1 aromatic heterocycles. The lowest BCUT2D eigenvalue weighted by molar-refractivity contribution is 0.0962. The number of benzene rings is 1. The number of hydrazine groups is 1. The van der Waals surface area contributed by atoms with Gasteiger partial charge in [0.2, 0.25) is 0 Å². The van der Waals surface area contributed by atoms with Crippen LogP contribution in [-0.4, -0.2) is 10.9 Å². The van der Waals surface area contributed by atoms with Gasteiger partial charge in [0.15, 0.2) is 0 Å². The number of nitrogens with zero attached hydrogens (tertiary/aromatic N) is 1. The van der Waals surface area contributed by atoms with Crippen molar-refractivity contribution in [2.45, 2.75) is 0 Å². The highest BCUT2D eigenvalue weighted by Gasteiger charge is 2.09. The summed E-state index contributed by atoms with van der Waals surface area (Å²) in [6.07, 6.45) is 1.52. The Morgan fingerprint density at radius 1 is 1.11 bits per heavy atom. The first kappa shape index (κ1) is 12.7. The van der Waals surface area contributed by atoms with Crippen molar-refractivity contribution in [2.24, 2.45) is 0 Å². The zero-order valence-electron chi connectivity index (χ0n) is 9.15. The molecule has 2 N–H and O–H groups in total. The summed E-state index contributed by atoms with van der Waals surface area (Å²) >= 11 is 11.6. The van der Waals surface area contributed by atoms with E-state index < -0.39 is 0 Å². The first-order chi connectivity index (χ1) is 8.66. The van der Waals surface area contributed by atoms with Crippen LogP contribution in [0.3, 0.4) is 0 Å². The molecule has 2 rings (SSSR count). The number of aromatic nitrogens is 1. The summed E-state index contributed by atoms with van der Waals surface area (Å²) in [5.74, 6) is -0.358. The third-order valence-corrected chi connectivity index (χ3v) is 2.72. The van der Waals surface area contributed by atoms with Crippen LogP contribution in [0.1, 0.15) is 10.4 Å². The lowest BCUT2D eigenvalue weighted by Crippen LogP contribution is -2.29. The summed E-state index contributed by atoms with van der Waals surface area (Å²) in [5.41, 5.74) is 6.29. The van der Waals surface area contributed by atoms with Crippen molar-refractivity contribution in [3.8, 4) is 0 Å². The second kappa shape index (κ2) is 5.71. The second-order valence-electron chi connectivity index (χ2n) is 3.43. The maximum Gasteiger partial charge on any atom is 0.272 e. The average molecular weight is 282 g/mol. The van der Waals surface area contributed by atoms with Crippen LogP contribution < -0.4 is 10.9 Å². The molecule has 0 unspecified atom stereocenters. The topological polar surface area (TPSA) is 54.0 Å². The number of rotatable bonds is 3. The molecule has 18 heavy (non-hydrogen) atoms. The molecule has 0 fully saturated rings. The Balaban J connectivity index is 2.01. The quantitative estimate of drug-likeness (QED) is 0.671. The van der Waals surface area contributed by atoms with Crippen molar-refractivity contribution in [1.82, 2.24) is 10.4 Å². The highest BCUT2D eigenvalue weighted by molar-refractivity contribution is 6.32. The highest BCUT2D eigenvalue weighted by atomic mass is 35.5. The second-order valence-corrected chi connectivity index (χ2v) is 4.22. The molecular formula is C12H9Cl2N3O. The van der Waals surface area contributed by atoms with E-state index in [4.69, 9.17) is 23.2 Å². The Morgan fingerprint density at radius 2 is 1.83 bits per heavy atom. The zero-order chi connectivity index (χ0) is 13.0. The normalized spacial score (nSPS) is 9.89. The minimum Gasteiger partial charge on any atom is -0.298 e. The van der Waals surface area contributed by atoms with Crippen LogP contribution in [0.2, 0.25) is 10.2 Å². The van der Waals surface area contributed by atoms with E-state index in [9.17, 15) is 4.79 Å². The summed E-state index contributed by atoms with van der Waals surface area (Å²) in [6, 6.07) is 10.2. The van der Waals surface area contributed by atoms with Gasteiger partial charge in [-0.05, 0) is 36.4 Å². The number of pyridine rings is 1. The number of carbonyl (C=O) groups excluding carboxylic acids is 1. The van der Waals surface area contributed by atoms with E-state index in [0.717, 1.165) is 0 Å². The van der Waals surface area contributed by atoms with Crippen LogP contribution in [0.25, 0.3) is 0 Å². The number of carbonyl (C=O) groups is 1. The third-order valence-electron chi connectivity index (χ3n) is 2.17. The molecule has 0 saturated carbocycles. The minimum atomic E-state index is -0.358. The lowest BCUT2D eigenvalue weighted by atomic mass is 10.3. The van der Waals surface area contributed by atoms with E-state index in [1.54, 1.807) is 36.4 Å². The zero-order valence-corrected chi connectivity index (χ0v) is 10.7. The summed E-state index contributed by atoms with van der Waals surface area (Å²) in [5, 5.41) is 0.787. The van der Waals surface area contributed by atoms with Crippen molar-refractivity contribution in [3.63, 3.8) is 0 Å². The molecular weight excluding hydrogens is 273 g/mol. The number of hydrogen-bond acceptors (Lipinski definition) is 3. The van der Waals surface area contributed by atoms with E-state index in [2.05, 4.69) is 15.8 Å². The molecule has 4 nitrogen and oxygen atoms in total. The molecule has 6 heteroatoms. The molecule has 0 aliphatic heterocycles. The van der Waals surface area contributed by atoms with Crippen LogP contribution >= 0.6 is 23.2 Å². The van der Waals surface area contributed by atoms with Gasteiger partial charge in [0.1, 0.15) is 5.15 Å². The van der Waals surface area contributed by atoms with Crippen molar-refractivity contribution < 1.29 is 4.79 Å². The molecule has 0 aliphatic rings. The van der Waals surface area contributed by atoms with E-state index in [0.29, 0.717) is 16.3 Å². The summed E-state index contributed by atoms with van der Waals surface area (Å²) < 4.78 is 0. The van der Waals surface area contributed by atoms with Crippen LogP contribution in [-0.2, 0) is 0 Å². The van der Waals surface area contributed by atoms with Gasteiger partial charge in [0.05, 0.1) is 11.3 Å². The molecule has 0 bridgehead atoms. The van der Waals surface area contributed by atoms with Crippen molar-refractivity contribution in [2.75, 3.05) is 5.43 Å². The Labute approximate surface area is 114 Å². The number of amides is 1. The molecule has 1 aromatic carbocycles. The molecule has 1 amide bonds. The predicted molar refractivity (Wildman–Crippen MR) is 71.8 cm³/mol. The Kier molecular flexibility index (Phi) is 4.02. The molecule has 0 spiro atoms. The van der Waals surface area contributed by atoms with E-state index in [1.807, 2.05) is 0 Å². The average Bonchev–Trinajstić information content (AvgIpc) is 2.38. The molecule has 0 saturated heterocycles. The van der Waals surface area contributed by atoms with Crippen molar-refractivity contribution in [1.29, 1.82) is 0 Å². The first-order valence-corrected chi connectivity index (χ1v) is 5.85. The molecule has 0 aliphatic carbocycles.